The molecule has 0 aliphatic carbocycles. The second kappa shape index (κ2) is 14.3. The number of allylic oxidation sites excluding steroid dienone is 1. The van der Waals surface area contributed by atoms with Crippen molar-refractivity contribution in [2.45, 2.75) is 20.3 Å². The molecule has 4 aromatic heterocycles. The molecular weight excluding hydrogens is 781 g/mol. The zero-order valence-corrected chi connectivity index (χ0v) is 35.3. The molecule has 4 heterocycles. The number of hydrogen-bond acceptors (Lipinski definition) is 3. The molecule has 12 rings (SSSR count). The van der Waals surface area contributed by atoms with Gasteiger partial charge in [-0.2, -0.15) is 0 Å². The number of rotatable bonds is 5. The first-order valence-corrected chi connectivity index (χ1v) is 22.5. The summed E-state index contributed by atoms with van der Waals surface area (Å²) >= 11 is 3.67. The summed E-state index contributed by atoms with van der Waals surface area (Å²) in [6.07, 6.45) is 3.08. The molecule has 0 fully saturated rings. The van der Waals surface area contributed by atoms with Crippen LogP contribution in [0.25, 0.3) is 95.3 Å². The third-order valence-corrected chi connectivity index (χ3v) is 14.5. The summed E-state index contributed by atoms with van der Waals surface area (Å²) in [6, 6.07) is 63.5. The number of aromatic nitrogens is 2. The smallest absolute Gasteiger partial charge is 0.235 e. The Morgan fingerprint density at radius 3 is 1.69 bits per heavy atom. The first-order chi connectivity index (χ1) is 30.2. The molecule has 4 nitrogen and oxygen atoms in total. The van der Waals surface area contributed by atoms with Gasteiger partial charge < -0.3 is 4.57 Å². The van der Waals surface area contributed by atoms with Gasteiger partial charge in [0.2, 0.25) is 5.96 Å². The van der Waals surface area contributed by atoms with Crippen molar-refractivity contribution >= 4 is 124 Å². The number of thiophene rings is 2. The Morgan fingerprint density at radius 2 is 1.00 bits per heavy atom. The van der Waals surface area contributed by atoms with E-state index in [9.17, 15) is 0 Å². The van der Waals surface area contributed by atoms with Crippen LogP contribution in [0.15, 0.2) is 192 Å². The highest BCUT2D eigenvalue weighted by molar-refractivity contribution is 7.26. The standard InChI is InChI=1S/C55H38N4S2/c1-3-17-44(41-27-16-26-40-38-21-10-14-31-50(38)61-54(40)41)57-55(56-34(2)36-24-15-25-39-37-20-9-13-30-49(37)60-53(36)39)59-46-29-12-8-23-43(46)52-48(59)33-32-47-51(52)42-22-7-11-28-45(42)58(47)35-18-5-4-6-19-35/h4-33H,3H2,1-2H3/b44-17+,56-34+,57-55+. The summed E-state index contributed by atoms with van der Waals surface area (Å²) in [5, 5.41) is 9.85. The first-order valence-electron chi connectivity index (χ1n) is 20.8. The summed E-state index contributed by atoms with van der Waals surface area (Å²) in [6.45, 7) is 4.33. The summed E-state index contributed by atoms with van der Waals surface area (Å²) in [5.41, 5.74) is 9.68. The zero-order valence-electron chi connectivity index (χ0n) is 33.6. The highest BCUT2D eigenvalue weighted by Crippen LogP contribution is 2.43. The van der Waals surface area contributed by atoms with Gasteiger partial charge in [-0.25, -0.2) is 9.98 Å². The van der Waals surface area contributed by atoms with Crippen molar-refractivity contribution in [1.29, 1.82) is 0 Å². The van der Waals surface area contributed by atoms with Crippen molar-refractivity contribution < 1.29 is 0 Å². The van der Waals surface area contributed by atoms with Crippen LogP contribution >= 0.6 is 22.7 Å². The first kappa shape index (κ1) is 35.8. The van der Waals surface area contributed by atoms with Crippen LogP contribution < -0.4 is 0 Å². The fourth-order valence-electron chi connectivity index (χ4n) is 9.42. The van der Waals surface area contributed by atoms with Gasteiger partial charge in [0.1, 0.15) is 0 Å². The molecule has 12 aromatic rings. The molecule has 0 bridgehead atoms. The molecule has 0 radical (unpaired) electrons. The van der Waals surface area contributed by atoms with Crippen LogP contribution in [0.3, 0.4) is 0 Å². The van der Waals surface area contributed by atoms with E-state index < -0.39 is 0 Å². The Balaban J connectivity index is 1.18. The summed E-state index contributed by atoms with van der Waals surface area (Å²) in [4.78, 5) is 11.4. The Labute approximate surface area is 360 Å². The second-order valence-electron chi connectivity index (χ2n) is 15.6. The predicted octanol–water partition coefficient (Wildman–Crippen LogP) is 15.8. The van der Waals surface area contributed by atoms with E-state index in [2.05, 4.69) is 205 Å². The van der Waals surface area contributed by atoms with Gasteiger partial charge in [0, 0.05) is 78.7 Å². The van der Waals surface area contributed by atoms with Gasteiger partial charge in [-0.1, -0.05) is 140 Å². The fourth-order valence-corrected chi connectivity index (χ4v) is 11.9. The Hall–Kier alpha value is -7.12. The second-order valence-corrected chi connectivity index (χ2v) is 17.7. The average molecular weight is 819 g/mol. The van der Waals surface area contributed by atoms with Crippen LogP contribution in [0.2, 0.25) is 0 Å². The molecule has 0 N–H and O–H groups in total. The molecule has 0 unspecified atom stereocenters. The zero-order chi connectivity index (χ0) is 40.6. The molecule has 0 saturated heterocycles. The van der Waals surface area contributed by atoms with Crippen LogP contribution in [0.5, 0.6) is 0 Å². The van der Waals surface area contributed by atoms with Crippen molar-refractivity contribution in [3.63, 3.8) is 0 Å². The molecule has 0 aliphatic heterocycles. The van der Waals surface area contributed by atoms with Gasteiger partial charge in [0.15, 0.2) is 0 Å². The average Bonchev–Trinajstić information content (AvgIpc) is 4.06. The number of benzene rings is 8. The van der Waals surface area contributed by atoms with Gasteiger partial charge in [-0.15, -0.1) is 22.7 Å². The number of nitrogens with zero attached hydrogens (tertiary/aromatic N) is 4. The number of aliphatic imine (C=N–C) groups is 2. The van der Waals surface area contributed by atoms with E-state index in [-0.39, 0.29) is 0 Å². The van der Waals surface area contributed by atoms with Crippen LogP contribution in [-0.4, -0.2) is 20.8 Å². The SMILES string of the molecule is CC/C=C(/N=C(\N=C(/C)c1cccc2c1sc1ccccc12)n1c2ccccc2c2c3c4ccccc4n(-c4ccccc4)c3ccc21)c1cccc2c1sc1ccccc12. The van der Waals surface area contributed by atoms with Crippen LogP contribution in [0.1, 0.15) is 31.4 Å². The van der Waals surface area contributed by atoms with Gasteiger partial charge in [-0.05, 0) is 61.9 Å². The van der Waals surface area contributed by atoms with E-state index in [0.29, 0.717) is 5.96 Å². The maximum atomic E-state index is 5.74. The normalized spacial score (nSPS) is 13.1. The predicted molar refractivity (Wildman–Crippen MR) is 266 cm³/mol. The van der Waals surface area contributed by atoms with E-state index in [1.807, 2.05) is 22.7 Å². The molecule has 8 aromatic carbocycles. The van der Waals surface area contributed by atoms with Crippen molar-refractivity contribution in [3.8, 4) is 5.69 Å². The van der Waals surface area contributed by atoms with Gasteiger partial charge in [-0.3, -0.25) is 4.57 Å². The van der Waals surface area contributed by atoms with Crippen molar-refractivity contribution in [2.24, 2.45) is 9.98 Å². The lowest BCUT2D eigenvalue weighted by molar-refractivity contribution is 1.18. The molecule has 6 heteroatoms. The van der Waals surface area contributed by atoms with Gasteiger partial charge >= 0.3 is 0 Å². The Kier molecular flexibility index (Phi) is 8.37. The van der Waals surface area contributed by atoms with E-state index in [0.717, 1.165) is 45.7 Å². The minimum Gasteiger partial charge on any atom is -0.309 e. The lowest BCUT2D eigenvalue weighted by Crippen LogP contribution is -2.13. The molecular formula is C55H38N4S2. The largest absolute Gasteiger partial charge is 0.309 e. The maximum Gasteiger partial charge on any atom is 0.235 e. The lowest BCUT2D eigenvalue weighted by atomic mass is 10.1. The van der Waals surface area contributed by atoms with Crippen molar-refractivity contribution in [2.75, 3.05) is 0 Å². The lowest BCUT2D eigenvalue weighted by Gasteiger charge is -2.12. The third kappa shape index (κ3) is 5.56. The fraction of sp³-hybridized carbons (Fsp3) is 0.0545. The molecule has 0 aliphatic rings. The molecule has 61 heavy (non-hydrogen) atoms. The molecule has 0 spiro atoms. The topological polar surface area (TPSA) is 34.6 Å². The monoisotopic (exact) mass is 818 g/mol. The third-order valence-electron chi connectivity index (χ3n) is 12.0. The van der Waals surface area contributed by atoms with E-state index in [1.165, 1.54) is 72.9 Å². The van der Waals surface area contributed by atoms with E-state index in [1.54, 1.807) is 0 Å². The molecule has 0 atom stereocenters. The maximum absolute atomic E-state index is 5.74. The van der Waals surface area contributed by atoms with Crippen LogP contribution in [-0.2, 0) is 0 Å². The molecule has 0 saturated carbocycles. The minimum atomic E-state index is 0.630. The quantitative estimate of drug-likeness (QED) is 0.122. The van der Waals surface area contributed by atoms with Crippen molar-refractivity contribution in [3.05, 3.63) is 193 Å². The minimum absolute atomic E-state index is 0.630. The Morgan fingerprint density at radius 1 is 0.475 bits per heavy atom. The highest BCUT2D eigenvalue weighted by atomic mass is 32.1. The van der Waals surface area contributed by atoms with Gasteiger partial charge in [0.25, 0.3) is 0 Å². The van der Waals surface area contributed by atoms with Crippen LogP contribution in [0.4, 0.5) is 0 Å². The number of fused-ring (bicyclic) bond motifs is 13. The molecule has 290 valence electrons. The van der Waals surface area contributed by atoms with E-state index >= 15 is 0 Å². The summed E-state index contributed by atoms with van der Waals surface area (Å²) < 4.78 is 9.73. The summed E-state index contributed by atoms with van der Waals surface area (Å²) in [7, 11) is 0. The van der Waals surface area contributed by atoms with Gasteiger partial charge in [0.05, 0.1) is 33.5 Å². The summed E-state index contributed by atoms with van der Waals surface area (Å²) in [5.74, 6) is 0.630. The van der Waals surface area contributed by atoms with Crippen molar-refractivity contribution in [1.82, 2.24) is 9.13 Å². The number of hydrogen-bond donors (Lipinski definition) is 0. The van der Waals surface area contributed by atoms with E-state index in [4.69, 9.17) is 9.98 Å². The Bertz CT molecular complexity index is 3810. The highest BCUT2D eigenvalue weighted by Gasteiger charge is 2.23. The number of para-hydroxylation sites is 3. The molecule has 0 amide bonds. The van der Waals surface area contributed by atoms with Crippen LogP contribution in [0, 0.1) is 0 Å².